The molecule has 0 saturated carbocycles. The first kappa shape index (κ1) is 19.7. The van der Waals surface area contributed by atoms with Crippen molar-refractivity contribution in [3.63, 3.8) is 0 Å². The average molecular weight is 381 g/mol. The molecule has 2 amide bonds. The fourth-order valence-electron chi connectivity index (χ4n) is 3.57. The maximum absolute atomic E-state index is 13.7. The van der Waals surface area contributed by atoms with Crippen LogP contribution in [0.2, 0.25) is 0 Å². The van der Waals surface area contributed by atoms with Crippen LogP contribution in [-0.2, 0) is 14.3 Å². The third-order valence-corrected chi connectivity index (χ3v) is 5.32. The summed E-state index contributed by atoms with van der Waals surface area (Å²) in [6.07, 6.45) is 1.39. The molecule has 2 fully saturated rings. The number of carbonyl (C=O) groups excluding carboxylic acids is 2. The van der Waals surface area contributed by atoms with Crippen LogP contribution >= 0.6 is 0 Å². The van der Waals surface area contributed by atoms with E-state index < -0.39 is 17.7 Å². The van der Waals surface area contributed by atoms with Gasteiger partial charge in [-0.05, 0) is 45.0 Å². The normalized spacial score (nSPS) is 20.3. The molecule has 2 aliphatic rings. The molecule has 148 valence electrons. The number of piperidine rings is 1. The molecule has 0 aromatic heterocycles. The summed E-state index contributed by atoms with van der Waals surface area (Å²) in [5.41, 5.74) is -0.0365. The van der Waals surface area contributed by atoms with E-state index >= 15 is 0 Å². The van der Waals surface area contributed by atoms with E-state index in [1.807, 2.05) is 9.80 Å². The third kappa shape index (κ3) is 4.81. The van der Waals surface area contributed by atoms with Crippen LogP contribution in [0.5, 0.6) is 0 Å². The Morgan fingerprint density at radius 1 is 1.15 bits per heavy atom. The highest BCUT2D eigenvalue weighted by Crippen LogP contribution is 2.23. The van der Waals surface area contributed by atoms with E-state index in [1.165, 1.54) is 6.07 Å². The fourth-order valence-corrected chi connectivity index (χ4v) is 3.57. The van der Waals surface area contributed by atoms with Gasteiger partial charge in [-0.3, -0.25) is 14.5 Å². The molecule has 27 heavy (non-hydrogen) atoms. The van der Waals surface area contributed by atoms with Gasteiger partial charge in [-0.15, -0.1) is 0 Å². The van der Waals surface area contributed by atoms with Crippen LogP contribution in [0.3, 0.4) is 0 Å². The summed E-state index contributed by atoms with van der Waals surface area (Å²) in [5, 5.41) is 2.51. The van der Waals surface area contributed by atoms with E-state index in [9.17, 15) is 18.4 Å². The second kappa shape index (κ2) is 8.75. The van der Waals surface area contributed by atoms with Crippen molar-refractivity contribution in [3.8, 4) is 0 Å². The summed E-state index contributed by atoms with van der Waals surface area (Å²) in [4.78, 5) is 28.8. The van der Waals surface area contributed by atoms with Gasteiger partial charge in [0.2, 0.25) is 11.8 Å². The van der Waals surface area contributed by atoms with Crippen LogP contribution in [0.25, 0.3) is 0 Å². The molecule has 1 atom stereocenters. The van der Waals surface area contributed by atoms with E-state index in [4.69, 9.17) is 4.74 Å². The van der Waals surface area contributed by atoms with E-state index in [-0.39, 0.29) is 23.4 Å². The Kier molecular flexibility index (Phi) is 6.38. The lowest BCUT2D eigenvalue weighted by Gasteiger charge is -2.37. The summed E-state index contributed by atoms with van der Waals surface area (Å²) < 4.78 is 32.0. The molecule has 3 rings (SSSR count). The monoisotopic (exact) mass is 381 g/mol. The van der Waals surface area contributed by atoms with Crippen molar-refractivity contribution in [2.24, 2.45) is 5.92 Å². The molecule has 1 aromatic rings. The second-order valence-electron chi connectivity index (χ2n) is 7.04. The summed E-state index contributed by atoms with van der Waals surface area (Å²) in [6.45, 7) is 5.45. The van der Waals surface area contributed by atoms with Crippen molar-refractivity contribution in [2.75, 3.05) is 44.7 Å². The predicted octanol–water partition coefficient (Wildman–Crippen LogP) is 1.86. The van der Waals surface area contributed by atoms with Gasteiger partial charge in [-0.2, -0.15) is 0 Å². The highest BCUT2D eigenvalue weighted by molar-refractivity contribution is 5.94. The molecular formula is C19H25F2N3O3. The number of benzene rings is 1. The van der Waals surface area contributed by atoms with Gasteiger partial charge in [0.15, 0.2) is 0 Å². The second-order valence-corrected chi connectivity index (χ2v) is 7.04. The number of hydrogen-bond donors (Lipinski definition) is 1. The molecule has 2 heterocycles. The van der Waals surface area contributed by atoms with Gasteiger partial charge in [0, 0.05) is 25.1 Å². The lowest BCUT2D eigenvalue weighted by molar-refractivity contribution is -0.141. The van der Waals surface area contributed by atoms with Crippen molar-refractivity contribution in [3.05, 3.63) is 29.8 Å². The number of likely N-dealkylation sites (tertiary alicyclic amines) is 1. The predicted molar refractivity (Wildman–Crippen MR) is 96.1 cm³/mol. The smallest absolute Gasteiger partial charge is 0.241 e. The zero-order valence-electron chi connectivity index (χ0n) is 15.4. The lowest BCUT2D eigenvalue weighted by Crippen LogP contribution is -2.50. The fraction of sp³-hybridized carbons (Fsp3) is 0.579. The number of amides is 2. The van der Waals surface area contributed by atoms with Crippen molar-refractivity contribution >= 4 is 17.5 Å². The minimum absolute atomic E-state index is 0.0239. The molecule has 0 spiro atoms. The number of morpholine rings is 1. The first-order chi connectivity index (χ1) is 13.0. The summed E-state index contributed by atoms with van der Waals surface area (Å²) in [7, 11) is 0. The Bertz CT molecular complexity index is 687. The van der Waals surface area contributed by atoms with Crippen molar-refractivity contribution < 1.29 is 23.1 Å². The Morgan fingerprint density at radius 3 is 2.44 bits per heavy atom. The third-order valence-electron chi connectivity index (χ3n) is 5.32. The first-order valence-electron chi connectivity index (χ1n) is 9.32. The van der Waals surface area contributed by atoms with Crippen LogP contribution in [0.15, 0.2) is 18.2 Å². The van der Waals surface area contributed by atoms with Crippen molar-refractivity contribution in [1.82, 2.24) is 9.80 Å². The number of halogens is 2. The van der Waals surface area contributed by atoms with Crippen LogP contribution in [-0.4, -0.2) is 67.0 Å². The molecule has 1 aromatic carbocycles. The summed E-state index contributed by atoms with van der Waals surface area (Å²) in [5.74, 6) is -1.69. The molecule has 6 nitrogen and oxygen atoms in total. The van der Waals surface area contributed by atoms with Gasteiger partial charge < -0.3 is 15.0 Å². The molecule has 8 heteroatoms. The molecule has 0 bridgehead atoms. The zero-order valence-corrected chi connectivity index (χ0v) is 15.4. The average Bonchev–Trinajstić information content (AvgIpc) is 2.69. The molecular weight excluding hydrogens is 356 g/mol. The Hall–Kier alpha value is -2.06. The number of nitrogens with one attached hydrogen (secondary N) is 1. The van der Waals surface area contributed by atoms with E-state index in [1.54, 1.807) is 6.92 Å². The minimum Gasteiger partial charge on any atom is -0.378 e. The maximum Gasteiger partial charge on any atom is 0.241 e. The number of rotatable bonds is 4. The standard InChI is InChI=1S/C19H25F2N3O3/c1-13(18(25)22-17-3-2-15(20)12-16(17)21)23-6-4-14(5-7-23)19(26)24-8-10-27-11-9-24/h2-3,12-14H,4-11H2,1H3,(H,22,25)/t13-/m0/s1. The number of anilines is 1. The lowest BCUT2D eigenvalue weighted by atomic mass is 9.94. The Labute approximate surface area is 157 Å². The van der Waals surface area contributed by atoms with Gasteiger partial charge >= 0.3 is 0 Å². The van der Waals surface area contributed by atoms with Crippen molar-refractivity contribution in [1.29, 1.82) is 0 Å². The Morgan fingerprint density at radius 2 is 1.81 bits per heavy atom. The topological polar surface area (TPSA) is 61.9 Å². The number of carbonyl (C=O) groups is 2. The van der Waals surface area contributed by atoms with Gasteiger partial charge in [0.05, 0.1) is 24.9 Å². The van der Waals surface area contributed by atoms with Crippen molar-refractivity contribution in [2.45, 2.75) is 25.8 Å². The highest BCUT2D eigenvalue weighted by atomic mass is 19.1. The summed E-state index contributed by atoms with van der Waals surface area (Å²) in [6, 6.07) is 2.59. The van der Waals surface area contributed by atoms with Gasteiger partial charge in [-0.1, -0.05) is 0 Å². The highest BCUT2D eigenvalue weighted by Gasteiger charge is 2.32. The van der Waals surface area contributed by atoms with Crippen LogP contribution in [0.1, 0.15) is 19.8 Å². The molecule has 0 aliphatic carbocycles. The quantitative estimate of drug-likeness (QED) is 0.865. The SMILES string of the molecule is C[C@@H](C(=O)Nc1ccc(F)cc1F)N1CCC(C(=O)N2CCOCC2)CC1. The molecule has 0 unspecified atom stereocenters. The van der Waals surface area contributed by atoms with Gasteiger partial charge in [-0.25, -0.2) is 8.78 Å². The van der Waals surface area contributed by atoms with Crippen LogP contribution in [0.4, 0.5) is 14.5 Å². The summed E-state index contributed by atoms with van der Waals surface area (Å²) >= 11 is 0. The molecule has 0 radical (unpaired) electrons. The number of ether oxygens (including phenoxy) is 1. The first-order valence-corrected chi connectivity index (χ1v) is 9.32. The maximum atomic E-state index is 13.7. The van der Waals surface area contributed by atoms with Gasteiger partial charge in [0.1, 0.15) is 11.6 Å². The molecule has 2 saturated heterocycles. The van der Waals surface area contributed by atoms with Crippen LogP contribution < -0.4 is 5.32 Å². The zero-order chi connectivity index (χ0) is 19.4. The number of nitrogens with zero attached hydrogens (tertiary/aromatic N) is 2. The number of hydrogen-bond acceptors (Lipinski definition) is 4. The van der Waals surface area contributed by atoms with Gasteiger partial charge in [0.25, 0.3) is 0 Å². The van der Waals surface area contributed by atoms with E-state index in [0.29, 0.717) is 52.2 Å². The molecule has 2 aliphatic heterocycles. The van der Waals surface area contributed by atoms with E-state index in [2.05, 4.69) is 5.32 Å². The Balaban J connectivity index is 1.50. The van der Waals surface area contributed by atoms with Crippen LogP contribution in [0, 0.1) is 17.6 Å². The minimum atomic E-state index is -0.801. The largest absolute Gasteiger partial charge is 0.378 e. The van der Waals surface area contributed by atoms with E-state index in [0.717, 1.165) is 12.1 Å². The molecule has 1 N–H and O–H groups in total.